The maximum Gasteiger partial charge on any atom is 0.259 e. The van der Waals surface area contributed by atoms with E-state index in [1.165, 1.54) is 7.11 Å². The quantitative estimate of drug-likeness (QED) is 0.502. The molecule has 1 heterocycles. The normalized spacial score (nSPS) is 13.2. The number of piperazine rings is 1. The summed E-state index contributed by atoms with van der Waals surface area (Å²) in [6, 6.07) is 17.7. The second-order valence-corrected chi connectivity index (χ2v) is 8.66. The van der Waals surface area contributed by atoms with Crippen molar-refractivity contribution in [3.05, 3.63) is 76.8 Å². The molecule has 1 aliphatic rings. The zero-order chi connectivity index (χ0) is 25.7. The number of rotatable bonds is 7. The number of nitrogens with one attached hydrogen (secondary N) is 1. The highest BCUT2D eigenvalue weighted by Gasteiger charge is 2.23. The smallest absolute Gasteiger partial charge is 0.259 e. The van der Waals surface area contributed by atoms with Gasteiger partial charge in [-0.2, -0.15) is 0 Å². The zero-order valence-electron chi connectivity index (χ0n) is 20.4. The number of ether oxygens (including phenoxy) is 3. The van der Waals surface area contributed by atoms with E-state index >= 15 is 0 Å². The molecule has 0 unspecified atom stereocenters. The molecule has 4 rings (SSSR count). The molecule has 1 fully saturated rings. The predicted molar refractivity (Wildman–Crippen MR) is 140 cm³/mol. The van der Waals surface area contributed by atoms with Gasteiger partial charge in [-0.3, -0.25) is 9.59 Å². The molecule has 188 valence electrons. The Morgan fingerprint density at radius 1 is 0.806 bits per heavy atom. The van der Waals surface area contributed by atoms with E-state index < -0.39 is 0 Å². The molecule has 1 aliphatic heterocycles. The van der Waals surface area contributed by atoms with Crippen molar-refractivity contribution in [1.82, 2.24) is 4.90 Å². The van der Waals surface area contributed by atoms with Crippen molar-refractivity contribution < 1.29 is 23.8 Å². The molecule has 1 N–H and O–H groups in total. The van der Waals surface area contributed by atoms with Crippen LogP contribution in [0.5, 0.6) is 17.2 Å². The SMILES string of the molecule is COc1cc(OC)cc(C(=O)N2CCN(c3ccc(NC(=O)c4cc(Cl)ccc4OC)cc3)CC2)c1. The standard InChI is InChI=1S/C27H28ClN3O5/c1-34-22-14-18(15-23(17-22)35-2)27(33)31-12-10-30(11-13-31)21-7-5-20(6-8-21)29-26(32)24-16-19(28)4-9-25(24)36-3/h4-9,14-17H,10-13H2,1-3H3,(H,29,32). The molecule has 2 amide bonds. The highest BCUT2D eigenvalue weighted by molar-refractivity contribution is 6.31. The van der Waals surface area contributed by atoms with Gasteiger partial charge in [0, 0.05) is 54.2 Å². The van der Waals surface area contributed by atoms with Crippen molar-refractivity contribution in [3.8, 4) is 17.2 Å². The van der Waals surface area contributed by atoms with Gasteiger partial charge in [-0.15, -0.1) is 0 Å². The summed E-state index contributed by atoms with van der Waals surface area (Å²) < 4.78 is 15.8. The fourth-order valence-electron chi connectivity index (χ4n) is 4.09. The lowest BCUT2D eigenvalue weighted by molar-refractivity contribution is 0.0746. The topological polar surface area (TPSA) is 80.3 Å². The maximum absolute atomic E-state index is 13.0. The zero-order valence-corrected chi connectivity index (χ0v) is 21.2. The number of carbonyl (C=O) groups excluding carboxylic acids is 2. The Kier molecular flexibility index (Phi) is 7.85. The van der Waals surface area contributed by atoms with Gasteiger partial charge in [-0.05, 0) is 54.6 Å². The van der Waals surface area contributed by atoms with E-state index in [1.807, 2.05) is 29.2 Å². The van der Waals surface area contributed by atoms with Gasteiger partial charge in [-0.25, -0.2) is 0 Å². The second kappa shape index (κ2) is 11.2. The van der Waals surface area contributed by atoms with Gasteiger partial charge in [0.15, 0.2) is 0 Å². The second-order valence-electron chi connectivity index (χ2n) is 8.23. The first-order valence-electron chi connectivity index (χ1n) is 11.4. The Morgan fingerprint density at radius 3 is 2.03 bits per heavy atom. The number of methoxy groups -OCH3 is 3. The Morgan fingerprint density at radius 2 is 1.44 bits per heavy atom. The van der Waals surface area contributed by atoms with E-state index in [2.05, 4.69) is 10.2 Å². The molecule has 8 nitrogen and oxygen atoms in total. The summed E-state index contributed by atoms with van der Waals surface area (Å²) in [5, 5.41) is 3.34. The van der Waals surface area contributed by atoms with Gasteiger partial charge in [0.25, 0.3) is 11.8 Å². The van der Waals surface area contributed by atoms with Crippen LogP contribution >= 0.6 is 11.6 Å². The molecule has 3 aromatic rings. The Bertz CT molecular complexity index is 1220. The molecule has 0 saturated carbocycles. The fraction of sp³-hybridized carbons (Fsp3) is 0.259. The van der Waals surface area contributed by atoms with Crippen molar-refractivity contribution in [2.24, 2.45) is 0 Å². The average molecular weight is 510 g/mol. The van der Waals surface area contributed by atoms with E-state index in [-0.39, 0.29) is 11.8 Å². The highest BCUT2D eigenvalue weighted by atomic mass is 35.5. The summed E-state index contributed by atoms with van der Waals surface area (Å²) in [4.78, 5) is 29.8. The lowest BCUT2D eigenvalue weighted by atomic mass is 10.1. The number of anilines is 2. The van der Waals surface area contributed by atoms with Gasteiger partial charge >= 0.3 is 0 Å². The minimum atomic E-state index is -0.302. The molecular formula is C27H28ClN3O5. The molecule has 9 heteroatoms. The summed E-state index contributed by atoms with van der Waals surface area (Å²) in [7, 11) is 4.63. The highest BCUT2D eigenvalue weighted by Crippen LogP contribution is 2.26. The first-order valence-corrected chi connectivity index (χ1v) is 11.8. The Labute approximate surface area is 215 Å². The molecule has 0 aliphatic carbocycles. The average Bonchev–Trinajstić information content (AvgIpc) is 2.92. The summed E-state index contributed by atoms with van der Waals surface area (Å²) in [5.41, 5.74) is 2.58. The summed E-state index contributed by atoms with van der Waals surface area (Å²) in [6.45, 7) is 2.56. The lowest BCUT2D eigenvalue weighted by Crippen LogP contribution is -2.48. The van der Waals surface area contributed by atoms with Gasteiger partial charge < -0.3 is 29.3 Å². The molecule has 0 aromatic heterocycles. The van der Waals surface area contributed by atoms with Crippen molar-refractivity contribution in [2.45, 2.75) is 0 Å². The molecule has 0 bridgehead atoms. The van der Waals surface area contributed by atoms with Crippen LogP contribution in [0.2, 0.25) is 5.02 Å². The third kappa shape index (κ3) is 5.66. The van der Waals surface area contributed by atoms with Gasteiger partial charge in [-0.1, -0.05) is 11.6 Å². The molecule has 0 atom stereocenters. The maximum atomic E-state index is 13.0. The number of nitrogens with zero attached hydrogens (tertiary/aromatic N) is 2. The lowest BCUT2D eigenvalue weighted by Gasteiger charge is -2.36. The van der Waals surface area contributed by atoms with E-state index in [1.54, 1.807) is 50.6 Å². The predicted octanol–water partition coefficient (Wildman–Crippen LogP) is 4.58. The van der Waals surface area contributed by atoms with Crippen molar-refractivity contribution in [3.63, 3.8) is 0 Å². The van der Waals surface area contributed by atoms with Crippen LogP contribution < -0.4 is 24.4 Å². The molecular weight excluding hydrogens is 482 g/mol. The third-order valence-electron chi connectivity index (χ3n) is 6.06. The van der Waals surface area contributed by atoms with Crippen LogP contribution in [0, 0.1) is 0 Å². The van der Waals surface area contributed by atoms with Crippen LogP contribution in [0.25, 0.3) is 0 Å². The van der Waals surface area contributed by atoms with Gasteiger partial charge in [0.2, 0.25) is 0 Å². The fourth-order valence-corrected chi connectivity index (χ4v) is 4.26. The van der Waals surface area contributed by atoms with E-state index in [9.17, 15) is 9.59 Å². The Balaban J connectivity index is 1.37. The minimum absolute atomic E-state index is 0.0543. The number of halogens is 1. The van der Waals surface area contributed by atoms with Crippen LogP contribution in [-0.4, -0.2) is 64.2 Å². The number of hydrogen-bond donors (Lipinski definition) is 1. The van der Waals surface area contributed by atoms with Crippen LogP contribution in [0.15, 0.2) is 60.7 Å². The summed E-state index contributed by atoms with van der Waals surface area (Å²) in [5.74, 6) is 1.26. The van der Waals surface area contributed by atoms with Crippen LogP contribution in [0.4, 0.5) is 11.4 Å². The minimum Gasteiger partial charge on any atom is -0.497 e. The largest absolute Gasteiger partial charge is 0.497 e. The van der Waals surface area contributed by atoms with Crippen molar-refractivity contribution in [1.29, 1.82) is 0 Å². The summed E-state index contributed by atoms with van der Waals surface area (Å²) >= 11 is 6.04. The number of amides is 2. The molecule has 3 aromatic carbocycles. The van der Waals surface area contributed by atoms with Crippen LogP contribution in [0.3, 0.4) is 0 Å². The van der Waals surface area contributed by atoms with Gasteiger partial charge in [0.05, 0.1) is 26.9 Å². The Hall–Kier alpha value is -3.91. The van der Waals surface area contributed by atoms with Crippen molar-refractivity contribution >= 4 is 34.8 Å². The van der Waals surface area contributed by atoms with E-state index in [4.69, 9.17) is 25.8 Å². The molecule has 36 heavy (non-hydrogen) atoms. The molecule has 0 spiro atoms. The van der Waals surface area contributed by atoms with E-state index in [0.29, 0.717) is 65.3 Å². The first-order chi connectivity index (χ1) is 17.4. The number of hydrogen-bond acceptors (Lipinski definition) is 6. The van der Waals surface area contributed by atoms with E-state index in [0.717, 1.165) is 5.69 Å². The summed E-state index contributed by atoms with van der Waals surface area (Å²) in [6.07, 6.45) is 0. The van der Waals surface area contributed by atoms with Crippen LogP contribution in [-0.2, 0) is 0 Å². The third-order valence-corrected chi connectivity index (χ3v) is 6.30. The van der Waals surface area contributed by atoms with Crippen molar-refractivity contribution in [2.75, 3.05) is 57.7 Å². The first kappa shape index (κ1) is 25.2. The number of carbonyl (C=O) groups is 2. The monoisotopic (exact) mass is 509 g/mol. The van der Waals surface area contributed by atoms with Crippen LogP contribution in [0.1, 0.15) is 20.7 Å². The molecule has 1 saturated heterocycles. The van der Waals surface area contributed by atoms with Gasteiger partial charge in [0.1, 0.15) is 17.2 Å². The molecule has 0 radical (unpaired) electrons. The number of benzene rings is 3.